The van der Waals surface area contributed by atoms with Crippen molar-refractivity contribution in [3.05, 3.63) is 60.2 Å². The zero-order valence-corrected chi connectivity index (χ0v) is 12.8. The Morgan fingerprint density at radius 1 is 0.857 bits per heavy atom. The molecule has 0 amide bonds. The van der Waals surface area contributed by atoms with E-state index < -0.39 is 0 Å². The van der Waals surface area contributed by atoms with E-state index in [4.69, 9.17) is 11.5 Å². The van der Waals surface area contributed by atoms with E-state index in [0.29, 0.717) is 6.54 Å². The highest BCUT2D eigenvalue weighted by Crippen LogP contribution is 2.33. The molecule has 110 valence electrons. The summed E-state index contributed by atoms with van der Waals surface area (Å²) in [7, 11) is 0. The van der Waals surface area contributed by atoms with Gasteiger partial charge in [0.1, 0.15) is 0 Å². The zero-order chi connectivity index (χ0) is 13.9. The van der Waals surface area contributed by atoms with Crippen LogP contribution in [0.3, 0.4) is 0 Å². The molecule has 3 heteroatoms. The molecule has 0 aromatic heterocycles. The van der Waals surface area contributed by atoms with E-state index in [2.05, 4.69) is 54.6 Å². The molecule has 0 spiro atoms. The van der Waals surface area contributed by atoms with E-state index in [0.717, 1.165) is 12.8 Å². The molecular formula is C18H21ClN2. The van der Waals surface area contributed by atoms with E-state index in [9.17, 15) is 0 Å². The monoisotopic (exact) mass is 300 g/mol. The van der Waals surface area contributed by atoms with Gasteiger partial charge in [0, 0.05) is 6.04 Å². The first-order valence-corrected chi connectivity index (χ1v) is 7.17. The molecular weight excluding hydrogens is 280 g/mol. The minimum absolute atomic E-state index is 0. The van der Waals surface area contributed by atoms with Crippen molar-refractivity contribution in [2.75, 3.05) is 6.54 Å². The Balaban J connectivity index is 0.00000161. The summed E-state index contributed by atoms with van der Waals surface area (Å²) in [4.78, 5) is 0. The van der Waals surface area contributed by atoms with Crippen molar-refractivity contribution >= 4 is 34.0 Å². The third-order valence-electron chi connectivity index (χ3n) is 3.90. The number of hydrogen-bond acceptors (Lipinski definition) is 2. The summed E-state index contributed by atoms with van der Waals surface area (Å²) in [5, 5.41) is 5.03. The average molecular weight is 301 g/mol. The Kier molecular flexibility index (Phi) is 5.18. The highest BCUT2D eigenvalue weighted by Gasteiger charge is 2.13. The summed E-state index contributed by atoms with van der Waals surface area (Å²) in [5.74, 6) is 0. The first-order chi connectivity index (χ1) is 9.81. The van der Waals surface area contributed by atoms with Crippen molar-refractivity contribution < 1.29 is 0 Å². The summed E-state index contributed by atoms with van der Waals surface area (Å²) in [6, 6.07) is 19.2. The number of rotatable bonds is 4. The van der Waals surface area contributed by atoms with E-state index in [1.807, 2.05) is 0 Å². The van der Waals surface area contributed by atoms with Gasteiger partial charge in [0.05, 0.1) is 0 Å². The van der Waals surface area contributed by atoms with Crippen molar-refractivity contribution in [3.8, 4) is 0 Å². The molecule has 0 aliphatic carbocycles. The molecule has 0 radical (unpaired) electrons. The predicted molar refractivity (Wildman–Crippen MR) is 93.9 cm³/mol. The van der Waals surface area contributed by atoms with Crippen LogP contribution >= 0.6 is 12.4 Å². The molecule has 4 N–H and O–H groups in total. The van der Waals surface area contributed by atoms with Crippen molar-refractivity contribution in [3.63, 3.8) is 0 Å². The van der Waals surface area contributed by atoms with Gasteiger partial charge in [-0.15, -0.1) is 12.4 Å². The van der Waals surface area contributed by atoms with Crippen molar-refractivity contribution in [1.29, 1.82) is 0 Å². The average Bonchev–Trinajstić information content (AvgIpc) is 2.50. The first kappa shape index (κ1) is 15.8. The lowest BCUT2D eigenvalue weighted by molar-refractivity contribution is 0.625. The van der Waals surface area contributed by atoms with Gasteiger partial charge in [-0.2, -0.15) is 0 Å². The second-order valence-electron chi connectivity index (χ2n) is 5.27. The number of benzene rings is 3. The number of halogens is 1. The molecule has 1 atom stereocenters. The standard InChI is InChI=1S/C18H20N2.ClH/c19-11-5-10-17(20)18-15-8-3-1-6-13(15)12-14-7-2-4-9-16(14)18;/h1-4,6-9,12,17H,5,10-11,19-20H2;1H/t17-;/m0./s1. The van der Waals surface area contributed by atoms with E-state index in [1.165, 1.54) is 27.1 Å². The maximum Gasteiger partial charge on any atom is 0.0307 e. The second kappa shape index (κ2) is 6.90. The fourth-order valence-corrected chi connectivity index (χ4v) is 2.93. The van der Waals surface area contributed by atoms with Gasteiger partial charge in [-0.25, -0.2) is 0 Å². The molecule has 0 aliphatic rings. The molecule has 3 rings (SSSR count). The van der Waals surface area contributed by atoms with Gasteiger partial charge < -0.3 is 11.5 Å². The van der Waals surface area contributed by atoms with Crippen LogP contribution in [0.25, 0.3) is 21.5 Å². The lowest BCUT2D eigenvalue weighted by atomic mass is 9.91. The SMILES string of the molecule is Cl.NCCC[C@H](N)c1c2ccccc2cc2ccccc12. The van der Waals surface area contributed by atoms with Crippen LogP contribution < -0.4 is 11.5 Å². The lowest BCUT2D eigenvalue weighted by Gasteiger charge is -2.17. The molecule has 3 aromatic carbocycles. The molecule has 0 bridgehead atoms. The molecule has 0 saturated carbocycles. The van der Waals surface area contributed by atoms with Gasteiger partial charge in [-0.05, 0) is 52.6 Å². The molecule has 0 saturated heterocycles. The molecule has 0 heterocycles. The first-order valence-electron chi connectivity index (χ1n) is 7.17. The largest absolute Gasteiger partial charge is 0.330 e. The second-order valence-corrected chi connectivity index (χ2v) is 5.27. The topological polar surface area (TPSA) is 52.0 Å². The van der Waals surface area contributed by atoms with Crippen LogP contribution in [0.15, 0.2) is 54.6 Å². The van der Waals surface area contributed by atoms with Crippen molar-refractivity contribution in [1.82, 2.24) is 0 Å². The molecule has 21 heavy (non-hydrogen) atoms. The Morgan fingerprint density at radius 3 is 1.90 bits per heavy atom. The Hall–Kier alpha value is -1.61. The number of nitrogens with two attached hydrogens (primary N) is 2. The Labute approximate surface area is 131 Å². The van der Waals surface area contributed by atoms with Gasteiger partial charge >= 0.3 is 0 Å². The molecule has 0 aliphatic heterocycles. The summed E-state index contributed by atoms with van der Waals surface area (Å²) < 4.78 is 0. The minimum atomic E-state index is 0. The van der Waals surface area contributed by atoms with E-state index >= 15 is 0 Å². The number of hydrogen-bond donors (Lipinski definition) is 2. The zero-order valence-electron chi connectivity index (χ0n) is 12.0. The Bertz CT molecular complexity index is 685. The van der Waals surface area contributed by atoms with Crippen LogP contribution in [0.1, 0.15) is 24.4 Å². The molecule has 3 aromatic rings. The highest BCUT2D eigenvalue weighted by molar-refractivity contribution is 6.02. The van der Waals surface area contributed by atoms with Crippen LogP contribution in [0.4, 0.5) is 0 Å². The summed E-state index contributed by atoms with van der Waals surface area (Å²) in [6.07, 6.45) is 1.88. The highest BCUT2D eigenvalue weighted by atomic mass is 35.5. The smallest absolute Gasteiger partial charge is 0.0307 e. The van der Waals surface area contributed by atoms with Crippen LogP contribution in [-0.4, -0.2) is 6.54 Å². The lowest BCUT2D eigenvalue weighted by Crippen LogP contribution is -2.13. The van der Waals surface area contributed by atoms with Crippen molar-refractivity contribution in [2.24, 2.45) is 11.5 Å². The quantitative estimate of drug-likeness (QED) is 0.711. The fourth-order valence-electron chi connectivity index (χ4n) is 2.93. The van der Waals surface area contributed by atoms with Crippen LogP contribution in [0.5, 0.6) is 0 Å². The van der Waals surface area contributed by atoms with Crippen LogP contribution in [0, 0.1) is 0 Å². The van der Waals surface area contributed by atoms with Crippen LogP contribution in [0.2, 0.25) is 0 Å². The third-order valence-corrected chi connectivity index (χ3v) is 3.90. The van der Waals surface area contributed by atoms with Gasteiger partial charge in [-0.3, -0.25) is 0 Å². The molecule has 0 unspecified atom stereocenters. The van der Waals surface area contributed by atoms with Gasteiger partial charge in [-0.1, -0.05) is 48.5 Å². The van der Waals surface area contributed by atoms with E-state index in [-0.39, 0.29) is 18.4 Å². The molecule has 0 fully saturated rings. The van der Waals surface area contributed by atoms with Gasteiger partial charge in [0.25, 0.3) is 0 Å². The third kappa shape index (κ3) is 3.03. The maximum absolute atomic E-state index is 6.46. The maximum atomic E-state index is 6.46. The predicted octanol–water partition coefficient (Wildman–Crippen LogP) is 4.15. The minimum Gasteiger partial charge on any atom is -0.330 e. The van der Waals surface area contributed by atoms with Gasteiger partial charge in [0.2, 0.25) is 0 Å². The van der Waals surface area contributed by atoms with E-state index in [1.54, 1.807) is 0 Å². The normalized spacial score (nSPS) is 12.3. The fraction of sp³-hybridized carbons (Fsp3) is 0.222. The van der Waals surface area contributed by atoms with Crippen LogP contribution in [-0.2, 0) is 0 Å². The summed E-state index contributed by atoms with van der Waals surface area (Å²) in [5.41, 5.74) is 13.3. The summed E-state index contributed by atoms with van der Waals surface area (Å²) in [6.45, 7) is 0.691. The summed E-state index contributed by atoms with van der Waals surface area (Å²) >= 11 is 0. The number of fused-ring (bicyclic) bond motifs is 2. The molecule has 2 nitrogen and oxygen atoms in total. The van der Waals surface area contributed by atoms with Gasteiger partial charge in [0.15, 0.2) is 0 Å². The van der Waals surface area contributed by atoms with Crippen molar-refractivity contribution in [2.45, 2.75) is 18.9 Å². The Morgan fingerprint density at radius 2 is 1.38 bits per heavy atom.